The van der Waals surface area contributed by atoms with Crippen LogP contribution in [0.5, 0.6) is 0 Å². The molecule has 3 atom stereocenters. The van der Waals surface area contributed by atoms with Crippen molar-refractivity contribution in [2.75, 3.05) is 19.1 Å². The molecule has 0 aliphatic carbocycles. The molecular formula is C10H21NO3S. The first-order chi connectivity index (χ1) is 6.92. The maximum absolute atomic E-state index is 11.1. The molecule has 0 bridgehead atoms. The minimum Gasteiger partial charge on any atom is -0.374 e. The Morgan fingerprint density at radius 1 is 1.47 bits per heavy atom. The molecule has 1 aliphatic rings. The van der Waals surface area contributed by atoms with Crippen LogP contribution in [0.25, 0.3) is 0 Å². The average Bonchev–Trinajstić information content (AvgIpc) is 2.51. The lowest BCUT2D eigenvalue weighted by atomic mass is 10.1. The highest BCUT2D eigenvalue weighted by Crippen LogP contribution is 2.23. The first-order valence-corrected chi connectivity index (χ1v) is 7.49. The number of rotatable bonds is 5. The number of ether oxygens (including phenoxy) is 1. The van der Waals surface area contributed by atoms with E-state index in [0.29, 0.717) is 12.5 Å². The van der Waals surface area contributed by atoms with Gasteiger partial charge in [0.1, 0.15) is 9.84 Å². The second-order valence-electron chi connectivity index (χ2n) is 4.38. The number of sulfone groups is 1. The second-order valence-corrected chi connectivity index (χ2v) is 6.64. The van der Waals surface area contributed by atoms with Gasteiger partial charge in [0.15, 0.2) is 0 Å². The monoisotopic (exact) mass is 235 g/mol. The van der Waals surface area contributed by atoms with Crippen molar-refractivity contribution >= 4 is 9.84 Å². The molecule has 0 aromatic rings. The van der Waals surface area contributed by atoms with E-state index in [9.17, 15) is 8.42 Å². The molecule has 0 spiro atoms. The minimum atomic E-state index is -2.87. The smallest absolute Gasteiger partial charge is 0.147 e. The summed E-state index contributed by atoms with van der Waals surface area (Å²) in [6.45, 7) is 2.06. The number of hydrogen-bond acceptors (Lipinski definition) is 4. The highest BCUT2D eigenvalue weighted by atomic mass is 32.2. The lowest BCUT2D eigenvalue weighted by Crippen LogP contribution is -2.39. The van der Waals surface area contributed by atoms with Crippen molar-refractivity contribution in [3.8, 4) is 0 Å². The van der Waals surface area contributed by atoms with E-state index in [4.69, 9.17) is 4.74 Å². The topological polar surface area (TPSA) is 55.4 Å². The highest BCUT2D eigenvalue weighted by Gasteiger charge is 2.28. The van der Waals surface area contributed by atoms with Crippen molar-refractivity contribution in [2.24, 2.45) is 0 Å². The van der Waals surface area contributed by atoms with Gasteiger partial charge in [0.2, 0.25) is 0 Å². The van der Waals surface area contributed by atoms with Crippen molar-refractivity contribution in [3.63, 3.8) is 0 Å². The zero-order chi connectivity index (χ0) is 11.5. The van der Waals surface area contributed by atoms with Crippen molar-refractivity contribution in [3.05, 3.63) is 0 Å². The molecule has 0 saturated carbocycles. The highest BCUT2D eigenvalue weighted by molar-refractivity contribution is 7.90. The van der Waals surface area contributed by atoms with Crippen LogP contribution in [0.15, 0.2) is 0 Å². The van der Waals surface area contributed by atoms with Crippen LogP contribution in [0.2, 0.25) is 0 Å². The van der Waals surface area contributed by atoms with E-state index in [1.54, 1.807) is 0 Å². The summed E-state index contributed by atoms with van der Waals surface area (Å²) >= 11 is 0. The van der Waals surface area contributed by atoms with Gasteiger partial charge in [0.05, 0.1) is 18.0 Å². The Kier molecular flexibility index (Phi) is 4.55. The molecule has 0 amide bonds. The van der Waals surface area contributed by atoms with Gasteiger partial charge in [-0.3, -0.25) is 0 Å². The zero-order valence-corrected chi connectivity index (χ0v) is 10.5. The Bertz CT molecular complexity index is 289. The Balaban J connectivity index is 2.42. The van der Waals surface area contributed by atoms with Gasteiger partial charge in [0, 0.05) is 12.3 Å². The van der Waals surface area contributed by atoms with E-state index in [1.807, 2.05) is 7.05 Å². The summed E-state index contributed by atoms with van der Waals surface area (Å²) < 4.78 is 27.8. The van der Waals surface area contributed by atoms with Crippen molar-refractivity contribution in [1.29, 1.82) is 0 Å². The van der Waals surface area contributed by atoms with Gasteiger partial charge < -0.3 is 10.1 Å². The SMILES string of the molecule is CNC(CCS(C)(=O)=O)C1CCC(C)O1. The van der Waals surface area contributed by atoms with Crippen LogP contribution >= 0.6 is 0 Å². The fourth-order valence-corrected chi connectivity index (χ4v) is 2.67. The van der Waals surface area contributed by atoms with Gasteiger partial charge in [-0.2, -0.15) is 0 Å². The van der Waals surface area contributed by atoms with Gasteiger partial charge in [-0.25, -0.2) is 8.42 Å². The fourth-order valence-electron chi connectivity index (χ4n) is 1.99. The predicted octanol–water partition coefficient (Wildman–Crippen LogP) is 0.577. The molecule has 0 aromatic carbocycles. The van der Waals surface area contributed by atoms with Crippen LogP contribution in [0, 0.1) is 0 Å². The van der Waals surface area contributed by atoms with Crippen molar-refractivity contribution in [2.45, 2.75) is 44.4 Å². The van der Waals surface area contributed by atoms with Crippen LogP contribution in [0.3, 0.4) is 0 Å². The zero-order valence-electron chi connectivity index (χ0n) is 9.69. The van der Waals surface area contributed by atoms with E-state index in [2.05, 4.69) is 12.2 Å². The summed E-state index contributed by atoms with van der Waals surface area (Å²) in [6, 6.07) is 0.157. The third-order valence-electron chi connectivity index (χ3n) is 2.88. The van der Waals surface area contributed by atoms with Crippen molar-refractivity contribution in [1.82, 2.24) is 5.32 Å². The molecule has 1 aliphatic heterocycles. The number of hydrogen-bond donors (Lipinski definition) is 1. The molecule has 0 aromatic heterocycles. The molecule has 90 valence electrons. The molecule has 15 heavy (non-hydrogen) atoms. The van der Waals surface area contributed by atoms with Crippen LogP contribution in [-0.4, -0.2) is 45.7 Å². The van der Waals surface area contributed by atoms with Crippen LogP contribution in [0.1, 0.15) is 26.2 Å². The molecule has 3 unspecified atom stereocenters. The maximum atomic E-state index is 11.1. The Morgan fingerprint density at radius 2 is 2.13 bits per heavy atom. The largest absolute Gasteiger partial charge is 0.374 e. The second kappa shape index (κ2) is 5.27. The van der Waals surface area contributed by atoms with Gasteiger partial charge in [-0.15, -0.1) is 0 Å². The Hall–Kier alpha value is -0.130. The van der Waals surface area contributed by atoms with Crippen LogP contribution in [0.4, 0.5) is 0 Å². The molecule has 1 N–H and O–H groups in total. The van der Waals surface area contributed by atoms with Gasteiger partial charge >= 0.3 is 0 Å². The number of nitrogens with one attached hydrogen (secondary N) is 1. The molecule has 1 heterocycles. The molecule has 5 heteroatoms. The summed E-state index contributed by atoms with van der Waals surface area (Å²) in [5, 5.41) is 3.15. The van der Waals surface area contributed by atoms with Crippen LogP contribution in [-0.2, 0) is 14.6 Å². The van der Waals surface area contributed by atoms with E-state index in [-0.39, 0.29) is 17.9 Å². The quantitative estimate of drug-likeness (QED) is 0.757. The van der Waals surface area contributed by atoms with E-state index in [1.165, 1.54) is 6.26 Å². The summed E-state index contributed by atoms with van der Waals surface area (Å²) in [6.07, 6.45) is 4.48. The van der Waals surface area contributed by atoms with Crippen LogP contribution < -0.4 is 5.32 Å². The third-order valence-corrected chi connectivity index (χ3v) is 3.86. The summed E-state index contributed by atoms with van der Waals surface area (Å²) in [4.78, 5) is 0. The number of likely N-dealkylation sites (N-methyl/N-ethyl adjacent to an activating group) is 1. The predicted molar refractivity (Wildman–Crippen MR) is 60.7 cm³/mol. The van der Waals surface area contributed by atoms with Gasteiger partial charge in [-0.1, -0.05) is 0 Å². The van der Waals surface area contributed by atoms with E-state index >= 15 is 0 Å². The lowest BCUT2D eigenvalue weighted by Gasteiger charge is -2.22. The lowest BCUT2D eigenvalue weighted by molar-refractivity contribution is 0.0330. The fraction of sp³-hybridized carbons (Fsp3) is 1.00. The normalized spacial score (nSPS) is 29.3. The van der Waals surface area contributed by atoms with Crippen molar-refractivity contribution < 1.29 is 13.2 Å². The van der Waals surface area contributed by atoms with Gasteiger partial charge in [-0.05, 0) is 33.2 Å². The molecular weight excluding hydrogens is 214 g/mol. The molecule has 1 rings (SSSR count). The summed E-state index contributed by atoms with van der Waals surface area (Å²) in [7, 11) is -1.01. The molecule has 1 fully saturated rings. The Labute approximate surface area is 92.3 Å². The summed E-state index contributed by atoms with van der Waals surface area (Å²) in [5.41, 5.74) is 0. The molecule has 0 radical (unpaired) electrons. The van der Waals surface area contributed by atoms with E-state index < -0.39 is 9.84 Å². The minimum absolute atomic E-state index is 0.157. The standard InChI is InChI=1S/C10H21NO3S/c1-8-4-5-10(14-8)9(11-2)6-7-15(3,12)13/h8-11H,4-7H2,1-3H3. The average molecular weight is 235 g/mol. The maximum Gasteiger partial charge on any atom is 0.147 e. The summed E-state index contributed by atoms with van der Waals surface area (Å²) in [5.74, 6) is 0.229. The van der Waals surface area contributed by atoms with E-state index in [0.717, 1.165) is 12.8 Å². The Morgan fingerprint density at radius 3 is 2.53 bits per heavy atom. The van der Waals surface area contributed by atoms with Gasteiger partial charge in [0.25, 0.3) is 0 Å². The first kappa shape index (κ1) is 12.9. The molecule has 1 saturated heterocycles. The third kappa shape index (κ3) is 4.49. The molecule has 4 nitrogen and oxygen atoms in total. The first-order valence-electron chi connectivity index (χ1n) is 5.43.